The van der Waals surface area contributed by atoms with Gasteiger partial charge in [-0.05, 0) is 36.8 Å². The van der Waals surface area contributed by atoms with Gasteiger partial charge in [-0.25, -0.2) is 8.42 Å². The molecule has 0 atom stereocenters. The number of hydrogen-bond acceptors (Lipinski definition) is 5. The molecule has 28 heavy (non-hydrogen) atoms. The summed E-state index contributed by atoms with van der Waals surface area (Å²) in [6.07, 6.45) is 0. The first-order valence-corrected chi connectivity index (χ1v) is 10.4. The molecular formula is C20H26N2O5S. The minimum atomic E-state index is -3.61. The third kappa shape index (κ3) is 5.02. The maximum atomic E-state index is 12.7. The lowest BCUT2D eigenvalue weighted by atomic mass is 10.2. The lowest BCUT2D eigenvalue weighted by Crippen LogP contribution is -2.30. The predicted octanol–water partition coefficient (Wildman–Crippen LogP) is 3.05. The van der Waals surface area contributed by atoms with E-state index in [0.29, 0.717) is 30.3 Å². The highest BCUT2D eigenvalue weighted by Gasteiger charge is 2.22. The number of methoxy groups -OCH3 is 1. The first-order chi connectivity index (χ1) is 13.3. The monoisotopic (exact) mass is 406 g/mol. The molecule has 0 saturated heterocycles. The van der Waals surface area contributed by atoms with Crippen LogP contribution in [0.25, 0.3) is 0 Å². The Kier molecular flexibility index (Phi) is 7.42. The quantitative estimate of drug-likeness (QED) is 0.692. The number of sulfonamides is 1. The van der Waals surface area contributed by atoms with E-state index in [1.165, 1.54) is 17.5 Å². The zero-order valence-corrected chi connectivity index (χ0v) is 17.4. The number of amides is 1. The second-order valence-electron chi connectivity index (χ2n) is 6.05. The fourth-order valence-electron chi connectivity index (χ4n) is 2.68. The molecule has 0 radical (unpaired) electrons. The van der Waals surface area contributed by atoms with Crippen molar-refractivity contribution in [3.63, 3.8) is 0 Å². The summed E-state index contributed by atoms with van der Waals surface area (Å²) >= 11 is 0. The van der Waals surface area contributed by atoms with E-state index < -0.39 is 15.9 Å². The van der Waals surface area contributed by atoms with Crippen LogP contribution in [0, 0.1) is 6.92 Å². The van der Waals surface area contributed by atoms with Crippen molar-refractivity contribution in [2.24, 2.45) is 0 Å². The number of para-hydroxylation sites is 2. The van der Waals surface area contributed by atoms with Crippen LogP contribution >= 0.6 is 0 Å². The number of benzene rings is 2. The van der Waals surface area contributed by atoms with Gasteiger partial charge < -0.3 is 14.8 Å². The molecule has 0 aliphatic rings. The van der Waals surface area contributed by atoms with E-state index in [-0.39, 0.29) is 11.5 Å². The van der Waals surface area contributed by atoms with Crippen LogP contribution in [0.2, 0.25) is 0 Å². The molecule has 0 fully saturated rings. The van der Waals surface area contributed by atoms with Crippen molar-refractivity contribution in [1.29, 1.82) is 0 Å². The summed E-state index contributed by atoms with van der Waals surface area (Å²) in [5.74, 6) is 0.583. The Hall–Kier alpha value is -2.58. The van der Waals surface area contributed by atoms with Crippen LogP contribution < -0.4 is 14.8 Å². The van der Waals surface area contributed by atoms with Crippen LogP contribution in [0.4, 0.5) is 5.69 Å². The van der Waals surface area contributed by atoms with E-state index in [0.717, 1.165) is 5.56 Å². The van der Waals surface area contributed by atoms with E-state index in [1.807, 2.05) is 0 Å². The molecular weight excluding hydrogens is 380 g/mol. The minimum absolute atomic E-state index is 0.141. The zero-order chi connectivity index (χ0) is 20.7. The number of anilines is 1. The summed E-state index contributed by atoms with van der Waals surface area (Å²) in [5.41, 5.74) is 1.19. The fourth-order valence-corrected chi connectivity index (χ4v) is 4.16. The number of nitrogens with one attached hydrogen (secondary N) is 1. The third-order valence-corrected chi connectivity index (χ3v) is 6.30. The van der Waals surface area contributed by atoms with Gasteiger partial charge in [0.25, 0.3) is 5.91 Å². The summed E-state index contributed by atoms with van der Waals surface area (Å²) in [7, 11) is -2.08. The first kappa shape index (κ1) is 21.7. The second kappa shape index (κ2) is 9.57. The summed E-state index contributed by atoms with van der Waals surface area (Å²) in [6, 6.07) is 11.7. The highest BCUT2D eigenvalue weighted by Crippen LogP contribution is 2.26. The van der Waals surface area contributed by atoms with Crippen LogP contribution in [0.1, 0.15) is 19.4 Å². The van der Waals surface area contributed by atoms with Crippen molar-refractivity contribution >= 4 is 21.6 Å². The molecule has 0 unspecified atom stereocenters. The standard InChI is InChI=1S/C20H26N2O5S/c1-5-22(6-2)28(24,25)16-12-11-15(3)17(13-16)21-20(23)14-27-19-10-8-7-9-18(19)26-4/h7-13H,5-6,14H2,1-4H3,(H,21,23). The summed E-state index contributed by atoms with van der Waals surface area (Å²) in [5, 5.41) is 2.72. The van der Waals surface area contributed by atoms with Gasteiger partial charge in [0, 0.05) is 18.8 Å². The van der Waals surface area contributed by atoms with Crippen LogP contribution in [-0.4, -0.2) is 45.4 Å². The average Bonchev–Trinajstić information content (AvgIpc) is 2.68. The van der Waals surface area contributed by atoms with Crippen LogP contribution in [0.5, 0.6) is 11.5 Å². The van der Waals surface area contributed by atoms with Gasteiger partial charge in [0.05, 0.1) is 12.0 Å². The Labute approximate surface area is 166 Å². The van der Waals surface area contributed by atoms with Crippen molar-refractivity contribution in [3.05, 3.63) is 48.0 Å². The van der Waals surface area contributed by atoms with Gasteiger partial charge in [-0.15, -0.1) is 0 Å². The largest absolute Gasteiger partial charge is 0.493 e. The highest BCUT2D eigenvalue weighted by molar-refractivity contribution is 7.89. The fraction of sp³-hybridized carbons (Fsp3) is 0.350. The number of ether oxygens (including phenoxy) is 2. The lowest BCUT2D eigenvalue weighted by molar-refractivity contribution is -0.118. The molecule has 1 N–H and O–H groups in total. The molecule has 0 bridgehead atoms. The van der Waals surface area contributed by atoms with Gasteiger partial charge in [-0.1, -0.05) is 32.0 Å². The van der Waals surface area contributed by atoms with Gasteiger partial charge in [0.1, 0.15) is 0 Å². The number of carbonyl (C=O) groups excluding carboxylic acids is 1. The first-order valence-electron chi connectivity index (χ1n) is 8.99. The van der Waals surface area contributed by atoms with Crippen LogP contribution in [-0.2, 0) is 14.8 Å². The van der Waals surface area contributed by atoms with E-state index in [4.69, 9.17) is 9.47 Å². The maximum Gasteiger partial charge on any atom is 0.262 e. The van der Waals surface area contributed by atoms with E-state index in [9.17, 15) is 13.2 Å². The van der Waals surface area contributed by atoms with E-state index in [2.05, 4.69) is 5.32 Å². The van der Waals surface area contributed by atoms with Gasteiger partial charge in [0.15, 0.2) is 18.1 Å². The van der Waals surface area contributed by atoms with Crippen molar-refractivity contribution in [3.8, 4) is 11.5 Å². The van der Waals surface area contributed by atoms with Gasteiger partial charge in [-0.2, -0.15) is 4.31 Å². The Morgan fingerprint density at radius 1 is 1.07 bits per heavy atom. The number of nitrogens with zero attached hydrogens (tertiary/aromatic N) is 1. The molecule has 2 aromatic rings. The molecule has 8 heteroatoms. The van der Waals surface area contributed by atoms with Gasteiger partial charge >= 0.3 is 0 Å². The van der Waals surface area contributed by atoms with Crippen molar-refractivity contribution in [1.82, 2.24) is 4.31 Å². The molecule has 1 amide bonds. The summed E-state index contributed by atoms with van der Waals surface area (Å²) < 4.78 is 37.5. The van der Waals surface area contributed by atoms with E-state index in [1.54, 1.807) is 57.2 Å². The Bertz CT molecular complexity index is 924. The van der Waals surface area contributed by atoms with Crippen LogP contribution in [0.3, 0.4) is 0 Å². The zero-order valence-electron chi connectivity index (χ0n) is 16.6. The Morgan fingerprint density at radius 3 is 2.32 bits per heavy atom. The Balaban J connectivity index is 2.14. The van der Waals surface area contributed by atoms with Crippen molar-refractivity contribution in [2.75, 3.05) is 32.1 Å². The smallest absolute Gasteiger partial charge is 0.262 e. The maximum absolute atomic E-state index is 12.7. The van der Waals surface area contributed by atoms with Gasteiger partial charge in [-0.3, -0.25) is 4.79 Å². The van der Waals surface area contributed by atoms with E-state index >= 15 is 0 Å². The molecule has 2 aromatic carbocycles. The summed E-state index contributed by atoms with van der Waals surface area (Å²) in [6.45, 7) is 5.89. The number of carbonyl (C=O) groups is 1. The third-order valence-electron chi connectivity index (χ3n) is 4.25. The molecule has 0 saturated carbocycles. The normalized spacial score (nSPS) is 11.3. The number of hydrogen-bond donors (Lipinski definition) is 1. The molecule has 0 aromatic heterocycles. The molecule has 2 rings (SSSR count). The second-order valence-corrected chi connectivity index (χ2v) is 7.99. The topological polar surface area (TPSA) is 84.9 Å². The molecule has 0 heterocycles. The molecule has 0 aliphatic heterocycles. The molecule has 7 nitrogen and oxygen atoms in total. The van der Waals surface area contributed by atoms with Gasteiger partial charge in [0.2, 0.25) is 10.0 Å². The summed E-state index contributed by atoms with van der Waals surface area (Å²) in [4.78, 5) is 12.4. The SMILES string of the molecule is CCN(CC)S(=O)(=O)c1ccc(C)c(NC(=O)COc2ccccc2OC)c1. The molecule has 0 aliphatic carbocycles. The number of rotatable bonds is 9. The average molecular weight is 407 g/mol. The van der Waals surface area contributed by atoms with Crippen molar-refractivity contribution in [2.45, 2.75) is 25.7 Å². The molecule has 152 valence electrons. The predicted molar refractivity (Wildman–Crippen MR) is 108 cm³/mol. The van der Waals surface area contributed by atoms with Crippen molar-refractivity contribution < 1.29 is 22.7 Å². The highest BCUT2D eigenvalue weighted by atomic mass is 32.2. The Morgan fingerprint density at radius 2 is 1.71 bits per heavy atom. The lowest BCUT2D eigenvalue weighted by Gasteiger charge is -2.19. The van der Waals surface area contributed by atoms with Crippen LogP contribution in [0.15, 0.2) is 47.4 Å². The molecule has 0 spiro atoms. The number of aryl methyl sites for hydroxylation is 1. The minimum Gasteiger partial charge on any atom is -0.493 e.